The summed E-state index contributed by atoms with van der Waals surface area (Å²) in [5, 5.41) is 17.0. The molecule has 9 nitrogen and oxygen atoms in total. The van der Waals surface area contributed by atoms with Crippen LogP contribution in [0.25, 0.3) is 0 Å². The van der Waals surface area contributed by atoms with Gasteiger partial charge in [-0.3, -0.25) is 15.1 Å². The molecule has 0 saturated carbocycles. The Labute approximate surface area is 207 Å². The molecule has 1 aromatic carbocycles. The number of nitrogens with zero attached hydrogens (tertiary/aromatic N) is 1. The third kappa shape index (κ3) is 16.2. The van der Waals surface area contributed by atoms with E-state index < -0.39 is 5.44 Å². The number of nitrogens with one attached hydrogen (secondary N) is 3. The van der Waals surface area contributed by atoms with E-state index in [9.17, 15) is 4.79 Å². The molecular weight excluding hydrogens is 456 g/mol. The van der Waals surface area contributed by atoms with Gasteiger partial charge in [0.25, 0.3) is 0 Å². The van der Waals surface area contributed by atoms with Gasteiger partial charge in [0.2, 0.25) is 5.91 Å². The van der Waals surface area contributed by atoms with Crippen LogP contribution in [0.5, 0.6) is 5.75 Å². The van der Waals surface area contributed by atoms with E-state index in [0.29, 0.717) is 24.9 Å². The predicted molar refractivity (Wildman–Crippen MR) is 134 cm³/mol. The lowest BCUT2D eigenvalue weighted by Gasteiger charge is -2.16. The van der Waals surface area contributed by atoms with Gasteiger partial charge in [0, 0.05) is 24.6 Å². The van der Waals surface area contributed by atoms with Gasteiger partial charge >= 0.3 is 0 Å². The summed E-state index contributed by atoms with van der Waals surface area (Å²) in [6.07, 6.45) is 0. The average molecular weight is 493 g/mol. The van der Waals surface area contributed by atoms with Crippen LogP contribution in [0.4, 0.5) is 5.69 Å². The molecule has 0 aromatic heterocycles. The second-order valence-electron chi connectivity index (χ2n) is 7.71. The molecule has 0 spiro atoms. The smallest absolute Gasteiger partial charge is 0.246 e. The minimum Gasteiger partial charge on any atom is -0.490 e. The number of ether oxygens (including phenoxy) is 3. The van der Waals surface area contributed by atoms with Crippen molar-refractivity contribution in [2.24, 2.45) is 5.92 Å². The SMILES string of the molecule is CC(C)C#CCNC(=O)COCCOC(COc1cccc(NOCCNC(C)C)c1)SC#N. The summed E-state index contributed by atoms with van der Waals surface area (Å²) in [5.41, 5.74) is 3.15. The number of anilines is 1. The third-order valence-electron chi connectivity index (χ3n) is 3.88. The van der Waals surface area contributed by atoms with Crippen LogP contribution in [-0.4, -0.2) is 63.5 Å². The topological polar surface area (TPSA) is 114 Å². The predicted octanol–water partition coefficient (Wildman–Crippen LogP) is 2.76. The molecule has 3 N–H and O–H groups in total. The van der Waals surface area contributed by atoms with Crippen molar-refractivity contribution in [3.05, 3.63) is 24.3 Å². The maximum atomic E-state index is 11.7. The van der Waals surface area contributed by atoms with Crippen molar-refractivity contribution in [3.63, 3.8) is 0 Å². The van der Waals surface area contributed by atoms with E-state index in [4.69, 9.17) is 24.3 Å². The summed E-state index contributed by atoms with van der Waals surface area (Å²) in [4.78, 5) is 17.1. The van der Waals surface area contributed by atoms with Crippen molar-refractivity contribution in [2.45, 2.75) is 39.2 Å². The van der Waals surface area contributed by atoms with Crippen LogP contribution < -0.4 is 20.9 Å². The highest BCUT2D eigenvalue weighted by Crippen LogP contribution is 2.19. The number of benzene rings is 1. The lowest BCUT2D eigenvalue weighted by molar-refractivity contribution is -0.126. The van der Waals surface area contributed by atoms with Crippen LogP contribution >= 0.6 is 11.8 Å². The first-order chi connectivity index (χ1) is 16.4. The van der Waals surface area contributed by atoms with Crippen LogP contribution in [0, 0.1) is 28.4 Å². The zero-order chi connectivity index (χ0) is 25.0. The van der Waals surface area contributed by atoms with E-state index in [0.717, 1.165) is 24.0 Å². The van der Waals surface area contributed by atoms with Crippen LogP contribution in [0.2, 0.25) is 0 Å². The lowest BCUT2D eigenvalue weighted by atomic mass is 10.2. The van der Waals surface area contributed by atoms with Gasteiger partial charge in [0.1, 0.15) is 24.4 Å². The fourth-order valence-corrected chi connectivity index (χ4v) is 2.79. The molecule has 0 fully saturated rings. The van der Waals surface area contributed by atoms with E-state index in [1.54, 1.807) is 6.07 Å². The zero-order valence-corrected chi connectivity index (χ0v) is 21.2. The highest BCUT2D eigenvalue weighted by Gasteiger charge is 2.12. The molecule has 1 amide bonds. The van der Waals surface area contributed by atoms with Crippen molar-refractivity contribution >= 4 is 23.4 Å². The van der Waals surface area contributed by atoms with Gasteiger partial charge in [-0.05, 0) is 23.9 Å². The van der Waals surface area contributed by atoms with Gasteiger partial charge in [-0.15, -0.1) is 0 Å². The van der Waals surface area contributed by atoms with E-state index in [2.05, 4.69) is 41.8 Å². The first kappa shape index (κ1) is 29.6. The lowest BCUT2D eigenvalue weighted by Crippen LogP contribution is -2.29. The minimum atomic E-state index is -0.497. The van der Waals surface area contributed by atoms with Crippen LogP contribution in [0.15, 0.2) is 24.3 Å². The number of thioether (sulfide) groups is 1. The number of carbonyl (C=O) groups excluding carboxylic acids is 1. The number of carbonyl (C=O) groups is 1. The highest BCUT2D eigenvalue weighted by atomic mass is 32.2. The molecule has 0 aliphatic rings. The van der Waals surface area contributed by atoms with Gasteiger partial charge < -0.3 is 24.8 Å². The molecule has 1 atom stereocenters. The highest BCUT2D eigenvalue weighted by molar-refractivity contribution is 8.04. The molecule has 0 heterocycles. The van der Waals surface area contributed by atoms with Gasteiger partial charge in [-0.25, -0.2) is 0 Å². The van der Waals surface area contributed by atoms with Crippen molar-refractivity contribution in [3.8, 4) is 23.0 Å². The normalized spacial score (nSPS) is 11.4. The van der Waals surface area contributed by atoms with Gasteiger partial charge in [-0.2, -0.15) is 5.26 Å². The molecule has 0 aliphatic heterocycles. The summed E-state index contributed by atoms with van der Waals surface area (Å²) < 4.78 is 16.7. The molecule has 1 aromatic rings. The Morgan fingerprint density at radius 2 is 2.00 bits per heavy atom. The summed E-state index contributed by atoms with van der Waals surface area (Å²) in [6.45, 7) is 10.2. The largest absolute Gasteiger partial charge is 0.490 e. The standard InChI is InChI=1S/C24H36N4O5S/c1-19(2)7-6-10-27-23(29)16-30-13-14-31-24(34-18-25)17-32-22-9-5-8-21(15-22)28-33-12-11-26-20(3)4/h5,8-9,15,19-20,24,26,28H,10-14,16-17H2,1-4H3,(H,27,29). The Hall–Kier alpha value is -2.47. The molecule has 0 radical (unpaired) electrons. The molecule has 34 heavy (non-hydrogen) atoms. The van der Waals surface area contributed by atoms with E-state index in [-0.39, 0.29) is 38.3 Å². The Kier molecular flexibility index (Phi) is 16.4. The first-order valence-corrected chi connectivity index (χ1v) is 12.1. The second kappa shape index (κ2) is 18.9. The van der Waals surface area contributed by atoms with Crippen molar-refractivity contribution in [1.29, 1.82) is 5.26 Å². The Morgan fingerprint density at radius 1 is 1.18 bits per heavy atom. The number of rotatable bonds is 17. The Balaban J connectivity index is 2.27. The molecule has 0 bridgehead atoms. The van der Waals surface area contributed by atoms with E-state index in [1.807, 2.05) is 37.4 Å². The maximum Gasteiger partial charge on any atom is 0.246 e. The number of hydrogen-bond acceptors (Lipinski definition) is 9. The van der Waals surface area contributed by atoms with Crippen LogP contribution in [-0.2, 0) is 19.1 Å². The summed E-state index contributed by atoms with van der Waals surface area (Å²) in [7, 11) is 0. The number of nitriles is 1. The Morgan fingerprint density at radius 3 is 2.74 bits per heavy atom. The van der Waals surface area contributed by atoms with Crippen molar-refractivity contribution in [2.75, 3.05) is 51.6 Å². The molecule has 0 saturated heterocycles. The van der Waals surface area contributed by atoms with E-state index in [1.165, 1.54) is 0 Å². The Bertz CT molecular complexity index is 805. The maximum absolute atomic E-state index is 11.7. The second-order valence-corrected chi connectivity index (χ2v) is 8.66. The van der Waals surface area contributed by atoms with Gasteiger partial charge in [0.15, 0.2) is 5.44 Å². The quantitative estimate of drug-likeness (QED) is 0.0993. The molecule has 188 valence electrons. The fraction of sp³-hybridized carbons (Fsp3) is 0.583. The summed E-state index contributed by atoms with van der Waals surface area (Å²) in [6, 6.07) is 7.73. The molecule has 1 unspecified atom stereocenters. The summed E-state index contributed by atoms with van der Waals surface area (Å²) in [5.74, 6) is 6.49. The molecule has 0 aliphatic carbocycles. The van der Waals surface area contributed by atoms with Gasteiger partial charge in [0.05, 0.1) is 32.1 Å². The molecular formula is C24H36N4O5S. The van der Waals surface area contributed by atoms with Crippen LogP contribution in [0.1, 0.15) is 27.7 Å². The monoisotopic (exact) mass is 492 g/mol. The summed E-state index contributed by atoms with van der Waals surface area (Å²) >= 11 is 0.963. The first-order valence-electron chi connectivity index (χ1n) is 11.2. The fourth-order valence-electron chi connectivity index (χ4n) is 2.37. The van der Waals surface area contributed by atoms with Crippen molar-refractivity contribution in [1.82, 2.24) is 10.6 Å². The van der Waals surface area contributed by atoms with Gasteiger partial charge in [-0.1, -0.05) is 45.6 Å². The third-order valence-corrected chi connectivity index (χ3v) is 4.52. The minimum absolute atomic E-state index is 0.0747. The molecule has 1 rings (SSSR count). The molecule has 10 heteroatoms. The van der Waals surface area contributed by atoms with Crippen LogP contribution in [0.3, 0.4) is 0 Å². The van der Waals surface area contributed by atoms with E-state index >= 15 is 0 Å². The number of amides is 1. The average Bonchev–Trinajstić information content (AvgIpc) is 2.79. The zero-order valence-electron chi connectivity index (χ0n) is 20.4. The van der Waals surface area contributed by atoms with Crippen molar-refractivity contribution < 1.29 is 23.8 Å². The number of hydrogen-bond donors (Lipinski definition) is 3. The number of thiocyanates is 1.